The van der Waals surface area contributed by atoms with Crippen LogP contribution in [0.3, 0.4) is 0 Å². The molecule has 1 heterocycles. The number of fused-ring (bicyclic) bond motifs is 1. The van der Waals surface area contributed by atoms with Crippen molar-refractivity contribution in [3.8, 4) is 0 Å². The van der Waals surface area contributed by atoms with Gasteiger partial charge in [-0.2, -0.15) is 0 Å². The molecule has 3 rings (SSSR count). The molecule has 0 saturated heterocycles. The fraction of sp³-hybridized carbons (Fsp3) is 0.278. The van der Waals surface area contributed by atoms with Crippen molar-refractivity contribution in [2.75, 3.05) is 5.75 Å². The minimum absolute atomic E-state index is 0.115. The number of benzene rings is 2. The molecule has 0 spiro atoms. The maximum atomic E-state index is 12.6. The number of aryl methyl sites for hydroxylation is 1. The first-order valence-electron chi connectivity index (χ1n) is 7.75. The predicted molar refractivity (Wildman–Crippen MR) is 92.4 cm³/mol. The van der Waals surface area contributed by atoms with Crippen LogP contribution in [0.1, 0.15) is 24.5 Å². The lowest BCUT2D eigenvalue weighted by atomic mass is 10.1. The lowest BCUT2D eigenvalue weighted by molar-refractivity contribution is 0.574. The lowest BCUT2D eigenvalue weighted by Crippen LogP contribution is -2.14. The van der Waals surface area contributed by atoms with Crippen molar-refractivity contribution in [2.45, 2.75) is 32.0 Å². The summed E-state index contributed by atoms with van der Waals surface area (Å²) in [6, 6.07) is 15.7. The molecule has 0 aliphatic heterocycles. The first-order valence-corrected chi connectivity index (χ1v) is 9.40. The van der Waals surface area contributed by atoms with E-state index in [0.717, 1.165) is 11.1 Å². The van der Waals surface area contributed by atoms with Crippen LogP contribution in [0, 0.1) is 6.92 Å². The van der Waals surface area contributed by atoms with E-state index in [4.69, 9.17) is 0 Å². The van der Waals surface area contributed by atoms with E-state index in [9.17, 15) is 8.42 Å². The van der Waals surface area contributed by atoms with Crippen LogP contribution in [0.4, 0.5) is 0 Å². The van der Waals surface area contributed by atoms with Gasteiger partial charge < -0.3 is 4.57 Å². The van der Waals surface area contributed by atoms with Crippen molar-refractivity contribution >= 4 is 20.9 Å². The number of rotatable bonds is 5. The zero-order valence-electron chi connectivity index (χ0n) is 13.4. The van der Waals surface area contributed by atoms with Gasteiger partial charge in [0.2, 0.25) is 15.0 Å². The van der Waals surface area contributed by atoms with Gasteiger partial charge in [0, 0.05) is 0 Å². The molecule has 0 radical (unpaired) electrons. The number of hydrogen-bond donors (Lipinski definition) is 0. The Kier molecular flexibility index (Phi) is 4.22. The summed E-state index contributed by atoms with van der Waals surface area (Å²) in [7, 11) is -3.38. The summed E-state index contributed by atoms with van der Waals surface area (Å²) in [5, 5.41) is 0.168. The van der Waals surface area contributed by atoms with Crippen molar-refractivity contribution in [1.82, 2.24) is 9.55 Å². The van der Waals surface area contributed by atoms with Gasteiger partial charge in [-0.05, 0) is 31.0 Å². The molecule has 0 amide bonds. The third-order valence-electron chi connectivity index (χ3n) is 3.83. The third kappa shape index (κ3) is 3.15. The van der Waals surface area contributed by atoms with Crippen LogP contribution >= 0.6 is 0 Å². The van der Waals surface area contributed by atoms with E-state index in [1.807, 2.05) is 66.9 Å². The normalized spacial score (nSPS) is 11.9. The van der Waals surface area contributed by atoms with Gasteiger partial charge in [-0.3, -0.25) is 0 Å². The molecule has 0 aliphatic carbocycles. The lowest BCUT2D eigenvalue weighted by Gasteiger charge is -2.10. The second-order valence-electron chi connectivity index (χ2n) is 5.77. The van der Waals surface area contributed by atoms with Crippen LogP contribution in [-0.4, -0.2) is 23.7 Å². The molecule has 5 heteroatoms. The number of aromatic nitrogens is 2. The first-order chi connectivity index (χ1) is 11.0. The largest absolute Gasteiger partial charge is 0.310 e. The second-order valence-corrected chi connectivity index (χ2v) is 7.78. The molecule has 3 aromatic rings. The molecule has 120 valence electrons. The molecule has 0 N–H and O–H groups in total. The van der Waals surface area contributed by atoms with Crippen molar-refractivity contribution in [1.29, 1.82) is 0 Å². The monoisotopic (exact) mass is 328 g/mol. The Morgan fingerprint density at radius 3 is 2.43 bits per heavy atom. The van der Waals surface area contributed by atoms with Crippen molar-refractivity contribution < 1.29 is 8.42 Å². The van der Waals surface area contributed by atoms with Gasteiger partial charge in [0.1, 0.15) is 0 Å². The summed E-state index contributed by atoms with van der Waals surface area (Å²) in [4.78, 5) is 4.39. The van der Waals surface area contributed by atoms with Gasteiger partial charge in [-0.15, -0.1) is 0 Å². The molecule has 0 bridgehead atoms. The molecule has 0 unspecified atom stereocenters. The number of sulfone groups is 1. The SMILES string of the molecule is CCCS(=O)(=O)c1nc2ccccc2n1Cc1ccc(C)cc1. The summed E-state index contributed by atoms with van der Waals surface area (Å²) in [6.07, 6.45) is 0.579. The summed E-state index contributed by atoms with van der Waals surface area (Å²) in [6.45, 7) is 4.40. The van der Waals surface area contributed by atoms with Crippen LogP contribution in [0.2, 0.25) is 0 Å². The van der Waals surface area contributed by atoms with E-state index < -0.39 is 9.84 Å². The molecule has 23 heavy (non-hydrogen) atoms. The first kappa shape index (κ1) is 15.7. The second kappa shape index (κ2) is 6.16. The fourth-order valence-electron chi connectivity index (χ4n) is 2.68. The molecule has 0 aliphatic rings. The van der Waals surface area contributed by atoms with Crippen LogP contribution < -0.4 is 0 Å². The van der Waals surface area contributed by atoms with Gasteiger partial charge >= 0.3 is 0 Å². The number of para-hydroxylation sites is 2. The van der Waals surface area contributed by atoms with E-state index >= 15 is 0 Å². The molecule has 0 fully saturated rings. The average Bonchev–Trinajstić information content (AvgIpc) is 2.89. The summed E-state index contributed by atoms with van der Waals surface area (Å²) < 4.78 is 27.0. The molecular weight excluding hydrogens is 308 g/mol. The maximum Gasteiger partial charge on any atom is 0.229 e. The van der Waals surface area contributed by atoms with Crippen molar-refractivity contribution in [3.63, 3.8) is 0 Å². The number of nitrogens with zero attached hydrogens (tertiary/aromatic N) is 2. The van der Waals surface area contributed by atoms with Gasteiger partial charge in [0.25, 0.3) is 0 Å². The van der Waals surface area contributed by atoms with Gasteiger partial charge in [-0.25, -0.2) is 13.4 Å². The Morgan fingerprint density at radius 1 is 1.04 bits per heavy atom. The summed E-state index contributed by atoms with van der Waals surface area (Å²) in [5.41, 5.74) is 3.81. The van der Waals surface area contributed by atoms with E-state index in [1.54, 1.807) is 0 Å². The molecule has 1 aromatic heterocycles. The van der Waals surface area contributed by atoms with Crippen LogP contribution in [0.25, 0.3) is 11.0 Å². The van der Waals surface area contributed by atoms with Crippen molar-refractivity contribution in [3.05, 3.63) is 59.7 Å². The highest BCUT2D eigenvalue weighted by Gasteiger charge is 2.22. The zero-order valence-corrected chi connectivity index (χ0v) is 14.2. The molecule has 0 atom stereocenters. The number of hydrogen-bond acceptors (Lipinski definition) is 3. The Hall–Kier alpha value is -2.14. The number of imidazole rings is 1. The van der Waals surface area contributed by atoms with Gasteiger partial charge in [0.15, 0.2) is 0 Å². The zero-order chi connectivity index (χ0) is 16.4. The van der Waals surface area contributed by atoms with Crippen LogP contribution in [0.15, 0.2) is 53.7 Å². The van der Waals surface area contributed by atoms with E-state index in [2.05, 4.69) is 4.98 Å². The fourth-order valence-corrected chi connectivity index (χ4v) is 4.14. The Bertz CT molecular complexity index is 925. The Balaban J connectivity index is 2.15. The highest BCUT2D eigenvalue weighted by Crippen LogP contribution is 2.22. The predicted octanol–water partition coefficient (Wildman–Crippen LogP) is 3.58. The third-order valence-corrected chi connectivity index (χ3v) is 5.65. The van der Waals surface area contributed by atoms with Crippen molar-refractivity contribution in [2.24, 2.45) is 0 Å². The van der Waals surface area contributed by atoms with E-state index in [-0.39, 0.29) is 10.9 Å². The summed E-state index contributed by atoms with van der Waals surface area (Å²) in [5.74, 6) is 0.115. The molecule has 0 saturated carbocycles. The quantitative estimate of drug-likeness (QED) is 0.719. The van der Waals surface area contributed by atoms with Gasteiger partial charge in [-0.1, -0.05) is 48.9 Å². The standard InChI is InChI=1S/C18H20N2O2S/c1-3-12-23(21,22)18-19-16-6-4-5-7-17(16)20(18)13-15-10-8-14(2)9-11-15/h4-11H,3,12-13H2,1-2H3. The smallest absolute Gasteiger partial charge is 0.229 e. The molecule has 2 aromatic carbocycles. The summed E-state index contributed by atoms with van der Waals surface area (Å²) >= 11 is 0. The average molecular weight is 328 g/mol. The Morgan fingerprint density at radius 2 is 1.74 bits per heavy atom. The minimum atomic E-state index is -3.38. The highest BCUT2D eigenvalue weighted by atomic mass is 32.2. The van der Waals surface area contributed by atoms with Crippen LogP contribution in [0.5, 0.6) is 0 Å². The van der Waals surface area contributed by atoms with E-state index in [1.165, 1.54) is 5.56 Å². The van der Waals surface area contributed by atoms with E-state index in [0.29, 0.717) is 18.5 Å². The minimum Gasteiger partial charge on any atom is -0.310 e. The molecular formula is C18H20N2O2S. The topological polar surface area (TPSA) is 52.0 Å². The maximum absolute atomic E-state index is 12.6. The molecule has 4 nitrogen and oxygen atoms in total. The Labute approximate surface area is 136 Å². The van der Waals surface area contributed by atoms with Crippen LogP contribution in [-0.2, 0) is 16.4 Å². The van der Waals surface area contributed by atoms with Gasteiger partial charge in [0.05, 0.1) is 23.3 Å². The highest BCUT2D eigenvalue weighted by molar-refractivity contribution is 7.91.